The third-order valence-electron chi connectivity index (χ3n) is 6.34. The van der Waals surface area contributed by atoms with Gasteiger partial charge in [0, 0.05) is 13.1 Å². The molecule has 3 aromatic rings. The molecule has 8 nitrogen and oxygen atoms in total. The molecule has 2 aliphatic rings. The van der Waals surface area contributed by atoms with Gasteiger partial charge in [0.2, 0.25) is 5.91 Å². The number of imidazole rings is 1. The van der Waals surface area contributed by atoms with E-state index in [1.807, 2.05) is 4.90 Å². The summed E-state index contributed by atoms with van der Waals surface area (Å²) in [6, 6.07) is 1.65. The van der Waals surface area contributed by atoms with Crippen LogP contribution in [0.25, 0.3) is 22.5 Å². The van der Waals surface area contributed by atoms with Crippen molar-refractivity contribution in [2.45, 2.75) is 44.8 Å². The fraction of sp³-hybridized carbons (Fsp3) is 0.500. The van der Waals surface area contributed by atoms with Crippen LogP contribution in [0.4, 0.5) is 19.2 Å². The van der Waals surface area contributed by atoms with Gasteiger partial charge < -0.3 is 19.6 Å². The minimum absolute atomic E-state index is 0.0154. The van der Waals surface area contributed by atoms with Gasteiger partial charge in [-0.2, -0.15) is 13.2 Å². The predicted molar refractivity (Wildman–Crippen MR) is 105 cm³/mol. The number of amides is 1. The summed E-state index contributed by atoms with van der Waals surface area (Å²) < 4.78 is 45.2. The van der Waals surface area contributed by atoms with Crippen LogP contribution in [0.5, 0.6) is 0 Å². The van der Waals surface area contributed by atoms with E-state index in [0.717, 1.165) is 32.0 Å². The van der Waals surface area contributed by atoms with Crippen molar-refractivity contribution in [2.75, 3.05) is 18.4 Å². The molecule has 2 aromatic heterocycles. The van der Waals surface area contributed by atoms with Crippen molar-refractivity contribution in [3.8, 4) is 11.5 Å². The van der Waals surface area contributed by atoms with Gasteiger partial charge in [0.25, 0.3) is 5.89 Å². The third kappa shape index (κ3) is 3.61. The second-order valence-electron chi connectivity index (χ2n) is 8.39. The van der Waals surface area contributed by atoms with Crippen molar-refractivity contribution >= 4 is 23.0 Å². The molecule has 0 bridgehead atoms. The standard InChI is InChI=1S/C20H21F3N6O2/c1-11(17(30)29-8-6-19(4-5-19)7-9-29)26-18-28-27-16(31-18)12-2-3-13(20(21,22)23)15-14(12)24-10-25-15/h2-3,10-11H,4-9H2,1H3,(H,24,25)(H,26,28)/t11-/m0/s1. The van der Waals surface area contributed by atoms with Crippen LogP contribution in [-0.4, -0.2) is 50.1 Å². The summed E-state index contributed by atoms with van der Waals surface area (Å²) in [5, 5.41) is 10.7. The van der Waals surface area contributed by atoms with E-state index in [4.69, 9.17) is 4.42 Å². The first-order valence-corrected chi connectivity index (χ1v) is 10.2. The van der Waals surface area contributed by atoms with E-state index in [-0.39, 0.29) is 34.4 Å². The second-order valence-corrected chi connectivity index (χ2v) is 8.39. The van der Waals surface area contributed by atoms with E-state index in [2.05, 4.69) is 25.5 Å². The number of nitrogens with one attached hydrogen (secondary N) is 2. The van der Waals surface area contributed by atoms with E-state index < -0.39 is 17.8 Å². The summed E-state index contributed by atoms with van der Waals surface area (Å²) in [4.78, 5) is 21.1. The number of piperidine rings is 1. The van der Waals surface area contributed by atoms with Crippen LogP contribution in [0, 0.1) is 5.41 Å². The third-order valence-corrected chi connectivity index (χ3v) is 6.34. The highest BCUT2D eigenvalue weighted by Crippen LogP contribution is 2.53. The summed E-state index contributed by atoms with van der Waals surface area (Å²) in [6.45, 7) is 3.23. The molecule has 0 radical (unpaired) electrons. The van der Waals surface area contributed by atoms with Gasteiger partial charge in [-0.3, -0.25) is 4.79 Å². The molecule has 1 saturated heterocycles. The van der Waals surface area contributed by atoms with Crippen molar-refractivity contribution in [2.24, 2.45) is 5.41 Å². The number of H-pyrrole nitrogens is 1. The van der Waals surface area contributed by atoms with Crippen LogP contribution in [0.2, 0.25) is 0 Å². The molecule has 2 N–H and O–H groups in total. The molecule has 1 aliphatic heterocycles. The van der Waals surface area contributed by atoms with Gasteiger partial charge in [-0.15, -0.1) is 5.10 Å². The number of carbonyl (C=O) groups is 1. The quantitative estimate of drug-likeness (QED) is 0.647. The molecular formula is C20H21F3N6O2. The Hall–Kier alpha value is -3.11. The van der Waals surface area contributed by atoms with Gasteiger partial charge >= 0.3 is 12.2 Å². The second kappa shape index (κ2) is 6.96. The molecule has 0 unspecified atom stereocenters. The minimum Gasteiger partial charge on any atom is -0.403 e. The molecule has 2 fully saturated rings. The van der Waals surface area contributed by atoms with Gasteiger partial charge in [-0.05, 0) is 50.2 Å². The number of aromatic amines is 1. The van der Waals surface area contributed by atoms with Crippen LogP contribution in [0.15, 0.2) is 22.9 Å². The number of fused-ring (bicyclic) bond motifs is 1. The number of rotatable bonds is 4. The molecule has 11 heteroatoms. The first-order chi connectivity index (χ1) is 14.8. The maximum absolute atomic E-state index is 13.2. The summed E-state index contributed by atoms with van der Waals surface area (Å²) in [7, 11) is 0. The first kappa shape index (κ1) is 19.8. The van der Waals surface area contributed by atoms with Crippen molar-refractivity contribution in [3.05, 3.63) is 24.0 Å². The van der Waals surface area contributed by atoms with Crippen molar-refractivity contribution in [1.82, 2.24) is 25.1 Å². The van der Waals surface area contributed by atoms with Crippen LogP contribution in [0.3, 0.4) is 0 Å². The van der Waals surface area contributed by atoms with Crippen molar-refractivity contribution in [1.29, 1.82) is 0 Å². The first-order valence-electron chi connectivity index (χ1n) is 10.2. The molecule has 1 aromatic carbocycles. The smallest absolute Gasteiger partial charge is 0.403 e. The lowest BCUT2D eigenvalue weighted by atomic mass is 9.93. The van der Waals surface area contributed by atoms with Crippen molar-refractivity contribution < 1.29 is 22.4 Å². The maximum Gasteiger partial charge on any atom is 0.418 e. The Kier molecular flexibility index (Phi) is 4.45. The molecule has 5 rings (SSSR count). The van der Waals surface area contributed by atoms with E-state index in [1.165, 1.54) is 25.2 Å². The van der Waals surface area contributed by atoms with E-state index in [9.17, 15) is 18.0 Å². The van der Waals surface area contributed by atoms with E-state index in [1.54, 1.807) is 6.92 Å². The van der Waals surface area contributed by atoms with Gasteiger partial charge in [0.1, 0.15) is 11.6 Å². The summed E-state index contributed by atoms with van der Waals surface area (Å²) in [5.41, 5.74) is -0.144. The topological polar surface area (TPSA) is 99.9 Å². The number of alkyl halides is 3. The summed E-state index contributed by atoms with van der Waals surface area (Å²) in [5.74, 6) is -0.0268. The number of carbonyl (C=O) groups excluding carboxylic acids is 1. The SMILES string of the molecule is C[C@H](Nc1nnc(-c2ccc(C(F)(F)F)c3[nH]cnc23)o1)C(=O)N1CCC2(CC1)CC2. The van der Waals surface area contributed by atoms with Crippen LogP contribution < -0.4 is 5.32 Å². The van der Waals surface area contributed by atoms with Gasteiger partial charge in [-0.1, -0.05) is 5.10 Å². The number of anilines is 1. The molecule has 164 valence electrons. The zero-order chi connectivity index (χ0) is 21.8. The summed E-state index contributed by atoms with van der Waals surface area (Å²) >= 11 is 0. The average molecular weight is 434 g/mol. The number of likely N-dealkylation sites (tertiary alicyclic amines) is 1. The average Bonchev–Trinajstić information content (AvgIpc) is 3.13. The lowest BCUT2D eigenvalue weighted by Crippen LogP contribution is -2.45. The Morgan fingerprint density at radius 3 is 2.65 bits per heavy atom. The number of nitrogens with zero attached hydrogens (tertiary/aromatic N) is 4. The minimum atomic E-state index is -4.52. The van der Waals surface area contributed by atoms with Crippen LogP contribution >= 0.6 is 0 Å². The zero-order valence-corrected chi connectivity index (χ0v) is 16.8. The van der Waals surface area contributed by atoms with E-state index in [0.29, 0.717) is 5.41 Å². The maximum atomic E-state index is 13.2. The number of halogens is 3. The molecule has 1 atom stereocenters. The van der Waals surface area contributed by atoms with Gasteiger partial charge in [0.05, 0.1) is 23.0 Å². The molecule has 3 heterocycles. The fourth-order valence-electron chi connectivity index (χ4n) is 4.23. The lowest BCUT2D eigenvalue weighted by Gasteiger charge is -2.33. The highest BCUT2D eigenvalue weighted by Gasteiger charge is 2.45. The molecule has 1 aliphatic carbocycles. The Labute approximate surface area is 175 Å². The zero-order valence-electron chi connectivity index (χ0n) is 16.8. The number of aromatic nitrogens is 4. The highest BCUT2D eigenvalue weighted by molar-refractivity contribution is 5.91. The van der Waals surface area contributed by atoms with Crippen LogP contribution in [0.1, 0.15) is 38.2 Å². The predicted octanol–water partition coefficient (Wildman–Crippen LogP) is 3.83. The fourth-order valence-corrected chi connectivity index (χ4v) is 4.23. The lowest BCUT2D eigenvalue weighted by molar-refractivity contribution is -0.136. The highest BCUT2D eigenvalue weighted by atomic mass is 19.4. The largest absolute Gasteiger partial charge is 0.418 e. The Balaban J connectivity index is 1.31. The molecule has 1 spiro atoms. The summed E-state index contributed by atoms with van der Waals surface area (Å²) in [6.07, 6.45) is 1.29. The van der Waals surface area contributed by atoms with Gasteiger partial charge in [-0.25, -0.2) is 4.98 Å². The number of benzene rings is 1. The molecular weight excluding hydrogens is 413 g/mol. The molecule has 31 heavy (non-hydrogen) atoms. The van der Waals surface area contributed by atoms with Gasteiger partial charge in [0.15, 0.2) is 0 Å². The van der Waals surface area contributed by atoms with E-state index >= 15 is 0 Å². The van der Waals surface area contributed by atoms with Crippen molar-refractivity contribution in [3.63, 3.8) is 0 Å². The number of hydrogen-bond acceptors (Lipinski definition) is 6. The Morgan fingerprint density at radius 2 is 1.97 bits per heavy atom. The normalized spacial score (nSPS) is 19.0. The molecule has 1 amide bonds. The molecule has 1 saturated carbocycles. The Bertz CT molecular complexity index is 1120. The van der Waals surface area contributed by atoms with Crippen LogP contribution in [-0.2, 0) is 11.0 Å². The monoisotopic (exact) mass is 434 g/mol. The Morgan fingerprint density at radius 1 is 1.23 bits per heavy atom. The number of hydrogen-bond donors (Lipinski definition) is 2.